The van der Waals surface area contributed by atoms with Crippen LogP contribution >= 0.6 is 0 Å². The quantitative estimate of drug-likeness (QED) is 0.584. The summed E-state index contributed by atoms with van der Waals surface area (Å²) in [4.78, 5) is 0. The van der Waals surface area contributed by atoms with Gasteiger partial charge >= 0.3 is 0 Å². The second-order valence-electron chi connectivity index (χ2n) is 4.44. The van der Waals surface area contributed by atoms with Crippen LogP contribution in [-0.2, 0) is 6.42 Å². The van der Waals surface area contributed by atoms with Gasteiger partial charge in [0.25, 0.3) is 0 Å². The Bertz CT molecular complexity index is 246. The number of nitrogens with zero attached hydrogens (tertiary/aromatic N) is 2. The zero-order valence-electron chi connectivity index (χ0n) is 10.5. The molecule has 2 nitrogen and oxygen atoms in total. The predicted molar refractivity (Wildman–Crippen MR) is 68.3 cm³/mol. The highest BCUT2D eigenvalue weighted by Gasteiger charge is 1.95. The molecule has 90 valence electrons. The molecule has 0 saturated carbocycles. The number of aromatic nitrogens is 2. The van der Waals surface area contributed by atoms with Gasteiger partial charge in [-0.15, -0.1) is 0 Å². The molecule has 0 saturated heterocycles. The summed E-state index contributed by atoms with van der Waals surface area (Å²) in [6.07, 6.45) is 13.8. The molecular formula is C14H24N2. The Morgan fingerprint density at radius 3 is 2.25 bits per heavy atom. The summed E-state index contributed by atoms with van der Waals surface area (Å²) in [5.74, 6) is 0. The van der Waals surface area contributed by atoms with Crippen LogP contribution in [0.5, 0.6) is 0 Å². The van der Waals surface area contributed by atoms with Crippen LogP contribution in [0.2, 0.25) is 0 Å². The molecule has 0 aliphatic heterocycles. The van der Waals surface area contributed by atoms with E-state index in [0.29, 0.717) is 0 Å². The van der Waals surface area contributed by atoms with Gasteiger partial charge in [0, 0.05) is 6.20 Å². The van der Waals surface area contributed by atoms with Gasteiger partial charge in [-0.3, -0.25) is 0 Å². The summed E-state index contributed by atoms with van der Waals surface area (Å²) in [5, 5.41) is 7.97. The summed E-state index contributed by atoms with van der Waals surface area (Å²) >= 11 is 0. The van der Waals surface area contributed by atoms with Crippen LogP contribution in [0.25, 0.3) is 0 Å². The molecule has 1 rings (SSSR count). The Balaban J connectivity index is 1.89. The van der Waals surface area contributed by atoms with Crippen molar-refractivity contribution in [3.05, 3.63) is 24.0 Å². The van der Waals surface area contributed by atoms with Crippen molar-refractivity contribution in [3.63, 3.8) is 0 Å². The van der Waals surface area contributed by atoms with Crippen molar-refractivity contribution in [2.75, 3.05) is 0 Å². The van der Waals surface area contributed by atoms with Crippen molar-refractivity contribution in [2.45, 2.75) is 64.7 Å². The Hall–Kier alpha value is -0.920. The Kier molecular flexibility index (Phi) is 7.65. The van der Waals surface area contributed by atoms with Crippen LogP contribution in [0, 0.1) is 0 Å². The Morgan fingerprint density at radius 1 is 0.938 bits per heavy atom. The van der Waals surface area contributed by atoms with E-state index in [-0.39, 0.29) is 0 Å². The van der Waals surface area contributed by atoms with Gasteiger partial charge in [-0.1, -0.05) is 51.9 Å². The van der Waals surface area contributed by atoms with Crippen molar-refractivity contribution in [1.29, 1.82) is 0 Å². The normalized spacial score (nSPS) is 10.6. The molecule has 0 spiro atoms. The highest BCUT2D eigenvalue weighted by atomic mass is 15.1. The van der Waals surface area contributed by atoms with E-state index in [0.717, 1.165) is 12.1 Å². The lowest BCUT2D eigenvalue weighted by atomic mass is 10.1. The summed E-state index contributed by atoms with van der Waals surface area (Å²) in [6.45, 7) is 2.26. The van der Waals surface area contributed by atoms with E-state index in [2.05, 4.69) is 23.2 Å². The highest BCUT2D eigenvalue weighted by molar-refractivity contribution is 4.98. The maximum Gasteiger partial charge on any atom is 0.0631 e. The third kappa shape index (κ3) is 6.54. The van der Waals surface area contributed by atoms with E-state index in [9.17, 15) is 0 Å². The van der Waals surface area contributed by atoms with Gasteiger partial charge in [-0.2, -0.15) is 10.2 Å². The zero-order chi connectivity index (χ0) is 11.5. The number of hydrogen-bond donors (Lipinski definition) is 0. The number of rotatable bonds is 9. The summed E-state index contributed by atoms with van der Waals surface area (Å²) < 4.78 is 0. The molecule has 0 aromatic carbocycles. The van der Waals surface area contributed by atoms with Crippen molar-refractivity contribution >= 4 is 0 Å². The molecule has 1 aromatic rings. The van der Waals surface area contributed by atoms with Crippen LogP contribution in [-0.4, -0.2) is 10.2 Å². The first-order valence-electron chi connectivity index (χ1n) is 6.70. The minimum absolute atomic E-state index is 1.09. The predicted octanol–water partition coefficient (Wildman–Crippen LogP) is 4.16. The molecule has 0 bridgehead atoms. The van der Waals surface area contributed by atoms with Crippen LogP contribution < -0.4 is 0 Å². The lowest BCUT2D eigenvalue weighted by Crippen LogP contribution is -1.91. The number of unbranched alkanes of at least 4 members (excludes halogenated alkanes) is 7. The fourth-order valence-electron chi connectivity index (χ4n) is 1.91. The van der Waals surface area contributed by atoms with Crippen molar-refractivity contribution in [3.8, 4) is 0 Å². The van der Waals surface area contributed by atoms with Gasteiger partial charge in [0.1, 0.15) is 0 Å². The van der Waals surface area contributed by atoms with E-state index in [1.165, 1.54) is 51.4 Å². The molecular weight excluding hydrogens is 196 g/mol. The largest absolute Gasteiger partial charge is 0.159 e. The van der Waals surface area contributed by atoms with Gasteiger partial charge in [-0.05, 0) is 25.0 Å². The van der Waals surface area contributed by atoms with E-state index in [1.54, 1.807) is 6.20 Å². The van der Waals surface area contributed by atoms with E-state index in [1.807, 2.05) is 6.07 Å². The molecule has 0 fully saturated rings. The topological polar surface area (TPSA) is 25.8 Å². The summed E-state index contributed by atoms with van der Waals surface area (Å²) in [6, 6.07) is 4.03. The molecule has 0 aliphatic rings. The van der Waals surface area contributed by atoms with Crippen LogP contribution in [0.15, 0.2) is 18.3 Å². The van der Waals surface area contributed by atoms with Gasteiger partial charge in [-0.25, -0.2) is 0 Å². The smallest absolute Gasteiger partial charge is 0.0631 e. The van der Waals surface area contributed by atoms with Crippen molar-refractivity contribution in [2.24, 2.45) is 0 Å². The molecule has 0 amide bonds. The maximum absolute atomic E-state index is 4.09. The monoisotopic (exact) mass is 220 g/mol. The second-order valence-corrected chi connectivity index (χ2v) is 4.44. The fraction of sp³-hybridized carbons (Fsp3) is 0.714. The van der Waals surface area contributed by atoms with E-state index < -0.39 is 0 Å². The molecule has 1 heterocycles. The third-order valence-electron chi connectivity index (χ3n) is 2.91. The van der Waals surface area contributed by atoms with E-state index >= 15 is 0 Å². The first-order chi connectivity index (χ1) is 7.93. The second kappa shape index (κ2) is 9.32. The van der Waals surface area contributed by atoms with Gasteiger partial charge < -0.3 is 0 Å². The standard InChI is InChI=1S/C14H24N2/c1-2-3-4-5-6-7-8-9-11-14-12-10-13-15-16-14/h10,12-13H,2-9,11H2,1H3. The minimum atomic E-state index is 1.09. The SMILES string of the molecule is CCCCCCCCCCc1cccnn1. The number of aryl methyl sites for hydroxylation is 1. The summed E-state index contributed by atoms with van der Waals surface area (Å²) in [7, 11) is 0. The van der Waals surface area contributed by atoms with Crippen LogP contribution in [0.1, 0.15) is 64.0 Å². The maximum atomic E-state index is 4.09. The molecule has 2 heteroatoms. The zero-order valence-corrected chi connectivity index (χ0v) is 10.5. The Labute approximate surface area is 99.5 Å². The summed E-state index contributed by atoms with van der Waals surface area (Å²) in [5.41, 5.74) is 1.13. The average molecular weight is 220 g/mol. The van der Waals surface area contributed by atoms with Gasteiger partial charge in [0.05, 0.1) is 5.69 Å². The molecule has 0 atom stereocenters. The highest BCUT2D eigenvalue weighted by Crippen LogP contribution is 2.09. The van der Waals surface area contributed by atoms with Gasteiger partial charge in [0.2, 0.25) is 0 Å². The van der Waals surface area contributed by atoms with Gasteiger partial charge in [0.15, 0.2) is 0 Å². The molecule has 0 unspecified atom stereocenters. The third-order valence-corrected chi connectivity index (χ3v) is 2.91. The Morgan fingerprint density at radius 2 is 1.62 bits per heavy atom. The van der Waals surface area contributed by atoms with Crippen LogP contribution in [0.4, 0.5) is 0 Å². The molecule has 16 heavy (non-hydrogen) atoms. The lowest BCUT2D eigenvalue weighted by molar-refractivity contribution is 0.573. The first-order valence-corrected chi connectivity index (χ1v) is 6.70. The van der Waals surface area contributed by atoms with Crippen LogP contribution in [0.3, 0.4) is 0 Å². The van der Waals surface area contributed by atoms with Crippen molar-refractivity contribution in [1.82, 2.24) is 10.2 Å². The molecule has 0 radical (unpaired) electrons. The lowest BCUT2D eigenvalue weighted by Gasteiger charge is -2.01. The first kappa shape index (κ1) is 13.1. The average Bonchev–Trinajstić information content (AvgIpc) is 2.34. The molecule has 0 N–H and O–H groups in total. The minimum Gasteiger partial charge on any atom is -0.159 e. The molecule has 1 aromatic heterocycles. The number of hydrogen-bond acceptors (Lipinski definition) is 2. The van der Waals surface area contributed by atoms with Crippen molar-refractivity contribution < 1.29 is 0 Å². The van der Waals surface area contributed by atoms with E-state index in [4.69, 9.17) is 0 Å². The fourth-order valence-corrected chi connectivity index (χ4v) is 1.91. The molecule has 0 aliphatic carbocycles.